The van der Waals surface area contributed by atoms with Gasteiger partial charge in [-0.15, -0.1) is 0 Å². The number of amides is 1. The first-order valence-corrected chi connectivity index (χ1v) is 11.3. The molecule has 30 heavy (non-hydrogen) atoms. The maximum absolute atomic E-state index is 12.5. The molecule has 1 saturated heterocycles. The molecule has 1 saturated carbocycles. The van der Waals surface area contributed by atoms with E-state index in [2.05, 4.69) is 45.5 Å². The van der Waals surface area contributed by atoms with Crippen molar-refractivity contribution in [3.05, 3.63) is 60.4 Å². The number of aliphatic imine (C=N–C) groups is 1. The Labute approximate surface area is 179 Å². The lowest BCUT2D eigenvalue weighted by atomic mass is 9.81. The highest BCUT2D eigenvalue weighted by Crippen LogP contribution is 2.30. The second kappa shape index (κ2) is 10.5. The summed E-state index contributed by atoms with van der Waals surface area (Å²) >= 11 is 0. The van der Waals surface area contributed by atoms with Gasteiger partial charge >= 0.3 is 0 Å². The van der Waals surface area contributed by atoms with Gasteiger partial charge in [0.05, 0.1) is 0 Å². The molecule has 0 radical (unpaired) electrons. The molecule has 2 aliphatic rings. The lowest BCUT2D eigenvalue weighted by Crippen LogP contribution is -2.33. The average Bonchev–Trinajstić information content (AvgIpc) is 2.80. The third-order valence-corrected chi connectivity index (χ3v) is 6.42. The summed E-state index contributed by atoms with van der Waals surface area (Å²) in [5.41, 5.74) is 3.61. The maximum atomic E-state index is 12.5. The second-order valence-corrected chi connectivity index (χ2v) is 8.61. The molecule has 0 atom stereocenters. The summed E-state index contributed by atoms with van der Waals surface area (Å²) in [6.45, 7) is 4.19. The van der Waals surface area contributed by atoms with Gasteiger partial charge in [-0.25, -0.2) is 0 Å². The molecule has 1 aromatic heterocycles. The van der Waals surface area contributed by atoms with E-state index in [4.69, 9.17) is 4.99 Å². The van der Waals surface area contributed by atoms with Gasteiger partial charge in [0.2, 0.25) is 5.91 Å². The molecule has 1 aliphatic carbocycles. The molecule has 2 aromatic rings. The van der Waals surface area contributed by atoms with E-state index in [1.54, 1.807) is 12.4 Å². The number of rotatable bonds is 6. The number of hydrogen-bond acceptors (Lipinski definition) is 4. The molecule has 1 aromatic carbocycles. The van der Waals surface area contributed by atoms with E-state index >= 15 is 0 Å². The highest BCUT2D eigenvalue weighted by Gasteiger charge is 2.26. The van der Waals surface area contributed by atoms with Crippen molar-refractivity contribution >= 4 is 17.3 Å². The molecule has 5 heteroatoms. The summed E-state index contributed by atoms with van der Waals surface area (Å²) in [4.78, 5) is 24.0. The highest BCUT2D eigenvalue weighted by atomic mass is 16.1. The summed E-state index contributed by atoms with van der Waals surface area (Å²) in [6.07, 6.45) is 9.74. The van der Waals surface area contributed by atoms with Crippen LogP contribution >= 0.6 is 0 Å². The first-order chi connectivity index (χ1) is 14.8. The number of benzene rings is 1. The lowest BCUT2D eigenvalue weighted by molar-refractivity contribution is -0.121. The van der Waals surface area contributed by atoms with Gasteiger partial charge in [0.15, 0.2) is 0 Å². The minimum Gasteiger partial charge on any atom is -0.326 e. The predicted molar refractivity (Wildman–Crippen MR) is 122 cm³/mol. The first kappa shape index (κ1) is 20.7. The van der Waals surface area contributed by atoms with Crippen molar-refractivity contribution in [1.82, 2.24) is 9.88 Å². The molecule has 158 valence electrons. The van der Waals surface area contributed by atoms with E-state index in [0.717, 1.165) is 70.4 Å². The number of carbonyl (C=O) groups excluding carboxylic acids is 1. The number of aromatic nitrogens is 1. The molecule has 1 aliphatic heterocycles. The fourth-order valence-corrected chi connectivity index (χ4v) is 4.51. The van der Waals surface area contributed by atoms with Crippen LogP contribution < -0.4 is 5.32 Å². The number of piperidine rings is 1. The van der Waals surface area contributed by atoms with E-state index in [1.165, 1.54) is 11.3 Å². The molecule has 0 bridgehead atoms. The molecule has 1 N–H and O–H groups in total. The standard InChI is InChI=1S/C25H32N4O/c30-25(28-24-10-14-26-15-11-24)22-8-6-20(7-9-22)18-27-23-12-16-29(17-13-23)19-21-4-2-1-3-5-21/h1-5,10-11,14-15,20,22H,6-9,12-13,16-19H2,(H,26,28,30). The molecule has 0 unspecified atom stereocenters. The number of hydrogen-bond donors (Lipinski definition) is 1. The Morgan fingerprint density at radius 2 is 1.70 bits per heavy atom. The van der Waals surface area contributed by atoms with Crippen LogP contribution in [-0.4, -0.2) is 41.1 Å². The van der Waals surface area contributed by atoms with Crippen LogP contribution in [0.3, 0.4) is 0 Å². The van der Waals surface area contributed by atoms with Crippen LogP contribution in [0.1, 0.15) is 44.1 Å². The van der Waals surface area contributed by atoms with Crippen LogP contribution in [0.4, 0.5) is 5.69 Å². The van der Waals surface area contributed by atoms with E-state index in [0.29, 0.717) is 5.92 Å². The van der Waals surface area contributed by atoms with Crippen LogP contribution in [0.15, 0.2) is 59.9 Å². The molecule has 2 heterocycles. The number of likely N-dealkylation sites (tertiary alicyclic amines) is 1. The quantitative estimate of drug-likeness (QED) is 0.768. The Bertz CT molecular complexity index is 819. The van der Waals surface area contributed by atoms with Crippen molar-refractivity contribution in [3.8, 4) is 0 Å². The zero-order valence-electron chi connectivity index (χ0n) is 17.7. The molecule has 4 rings (SSSR count). The highest BCUT2D eigenvalue weighted by molar-refractivity contribution is 5.92. The van der Waals surface area contributed by atoms with Crippen LogP contribution in [0, 0.1) is 11.8 Å². The third-order valence-electron chi connectivity index (χ3n) is 6.42. The molecule has 0 spiro atoms. The predicted octanol–water partition coefficient (Wildman–Crippen LogP) is 4.56. The summed E-state index contributed by atoms with van der Waals surface area (Å²) < 4.78 is 0. The first-order valence-electron chi connectivity index (χ1n) is 11.3. The summed E-state index contributed by atoms with van der Waals surface area (Å²) in [5, 5.41) is 3.02. The molecule has 2 fully saturated rings. The van der Waals surface area contributed by atoms with Gasteiger partial charge < -0.3 is 5.32 Å². The van der Waals surface area contributed by atoms with Gasteiger partial charge in [-0.2, -0.15) is 0 Å². The molecule has 1 amide bonds. The maximum Gasteiger partial charge on any atom is 0.227 e. The Morgan fingerprint density at radius 1 is 1.00 bits per heavy atom. The zero-order chi connectivity index (χ0) is 20.6. The van der Waals surface area contributed by atoms with E-state index in [-0.39, 0.29) is 11.8 Å². The number of carbonyl (C=O) groups is 1. The van der Waals surface area contributed by atoms with Crippen molar-refractivity contribution in [1.29, 1.82) is 0 Å². The zero-order valence-corrected chi connectivity index (χ0v) is 17.7. The fourth-order valence-electron chi connectivity index (χ4n) is 4.51. The van der Waals surface area contributed by atoms with Crippen molar-refractivity contribution in [2.45, 2.75) is 45.1 Å². The van der Waals surface area contributed by atoms with Crippen molar-refractivity contribution in [2.24, 2.45) is 16.8 Å². The van der Waals surface area contributed by atoms with Gasteiger partial charge in [-0.3, -0.25) is 19.7 Å². The fraction of sp³-hybridized carbons (Fsp3) is 0.480. The summed E-state index contributed by atoms with van der Waals surface area (Å²) in [7, 11) is 0. The largest absolute Gasteiger partial charge is 0.326 e. The van der Waals surface area contributed by atoms with E-state index in [9.17, 15) is 4.79 Å². The van der Waals surface area contributed by atoms with Crippen LogP contribution in [0.25, 0.3) is 0 Å². The van der Waals surface area contributed by atoms with Crippen molar-refractivity contribution in [3.63, 3.8) is 0 Å². The molecular weight excluding hydrogens is 372 g/mol. The monoisotopic (exact) mass is 404 g/mol. The summed E-state index contributed by atoms with van der Waals surface area (Å²) in [6, 6.07) is 14.4. The van der Waals surface area contributed by atoms with E-state index < -0.39 is 0 Å². The molecular formula is C25H32N4O. The van der Waals surface area contributed by atoms with Gasteiger partial charge in [-0.1, -0.05) is 30.3 Å². The van der Waals surface area contributed by atoms with Gasteiger partial charge in [0, 0.05) is 55.9 Å². The van der Waals surface area contributed by atoms with Crippen LogP contribution in [0.2, 0.25) is 0 Å². The smallest absolute Gasteiger partial charge is 0.227 e. The van der Waals surface area contributed by atoms with Gasteiger partial charge in [0.25, 0.3) is 0 Å². The third kappa shape index (κ3) is 5.99. The Kier molecular flexibility index (Phi) is 7.25. The number of anilines is 1. The van der Waals surface area contributed by atoms with Crippen LogP contribution in [-0.2, 0) is 11.3 Å². The van der Waals surface area contributed by atoms with Gasteiger partial charge in [-0.05, 0) is 62.1 Å². The molecule has 5 nitrogen and oxygen atoms in total. The number of nitrogens with one attached hydrogen (secondary N) is 1. The van der Waals surface area contributed by atoms with Crippen LogP contribution in [0.5, 0.6) is 0 Å². The van der Waals surface area contributed by atoms with E-state index in [1.807, 2.05) is 12.1 Å². The average molecular weight is 405 g/mol. The normalized spacial score (nSPS) is 22.5. The van der Waals surface area contributed by atoms with Crippen molar-refractivity contribution < 1.29 is 4.79 Å². The Morgan fingerprint density at radius 3 is 2.40 bits per heavy atom. The minimum atomic E-state index is 0.128. The lowest BCUT2D eigenvalue weighted by Gasteiger charge is -2.29. The number of nitrogens with zero attached hydrogens (tertiary/aromatic N) is 3. The SMILES string of the molecule is O=C(Nc1ccncc1)C1CCC(CN=C2CCN(Cc3ccccc3)CC2)CC1. The Hall–Kier alpha value is -2.53. The van der Waals surface area contributed by atoms with Crippen molar-refractivity contribution in [2.75, 3.05) is 25.0 Å². The number of pyridine rings is 1. The summed E-state index contributed by atoms with van der Waals surface area (Å²) in [5.74, 6) is 0.907. The Balaban J connectivity index is 1.16. The second-order valence-electron chi connectivity index (χ2n) is 8.61. The van der Waals surface area contributed by atoms with Gasteiger partial charge in [0.1, 0.15) is 0 Å². The minimum absolute atomic E-state index is 0.128. The topological polar surface area (TPSA) is 57.6 Å².